The van der Waals surface area contributed by atoms with Crippen molar-refractivity contribution in [1.29, 1.82) is 0 Å². The van der Waals surface area contributed by atoms with E-state index in [1.54, 1.807) is 12.4 Å². The fourth-order valence-electron chi connectivity index (χ4n) is 0.240. The summed E-state index contributed by atoms with van der Waals surface area (Å²) in [6, 6.07) is 0. The summed E-state index contributed by atoms with van der Waals surface area (Å²) in [6.45, 7) is 3.07. The molecule has 0 rings (SSSR count). The van der Waals surface area contributed by atoms with E-state index in [0.717, 1.165) is 0 Å². The van der Waals surface area contributed by atoms with Crippen molar-refractivity contribution in [3.05, 3.63) is 21.8 Å². The first-order valence-electron chi connectivity index (χ1n) is 2.39. The summed E-state index contributed by atoms with van der Waals surface area (Å²) in [5.41, 5.74) is 2.27. The Balaban J connectivity index is 4.46. The van der Waals surface area contributed by atoms with Crippen LogP contribution < -0.4 is 5.48 Å². The minimum atomic E-state index is -0.709. The number of allylic oxidation sites excluding steroid dienone is 2. The molecule has 0 aromatic rings. The number of rotatable bonds is 2. The Hall–Kier alpha value is 0.173. The molecule has 1 N–H and O–H groups in total. The standard InChI is InChI=1S/C4H7N2O2.ClH.Rh/c1-3(5-7)4(2)6-8;;/h5H,1-2H3;1H;/q-1;;+1/p-1. The zero-order valence-electron chi connectivity index (χ0n) is 5.48. The monoisotopic (exact) mass is 253 g/mol. The molecule has 0 saturated heterocycles. The fourth-order valence-corrected chi connectivity index (χ4v) is 1.22. The van der Waals surface area contributed by atoms with E-state index in [4.69, 9.17) is 9.69 Å². The Kier molecular flexibility index (Phi) is 4.99. The molecule has 0 radical (unpaired) electrons. The summed E-state index contributed by atoms with van der Waals surface area (Å²) in [4.78, 5) is 0. The van der Waals surface area contributed by atoms with Gasteiger partial charge in [0.2, 0.25) is 0 Å². The Bertz CT molecular complexity index is 180. The van der Waals surface area contributed by atoms with Crippen LogP contribution in [0.25, 0.3) is 0 Å². The third kappa shape index (κ3) is 2.84. The van der Waals surface area contributed by atoms with Crippen LogP contribution in [0.2, 0.25) is 0 Å². The first kappa shape index (κ1) is 10.2. The van der Waals surface area contributed by atoms with Crippen LogP contribution in [-0.4, -0.2) is 3.43 Å². The quantitative estimate of drug-likeness (QED) is 0.595. The molecule has 0 aliphatic heterocycles. The van der Waals surface area contributed by atoms with Crippen molar-refractivity contribution in [3.8, 4) is 0 Å². The van der Waals surface area contributed by atoms with E-state index in [-0.39, 0.29) is 0 Å². The zero-order valence-corrected chi connectivity index (χ0v) is 7.87. The molecule has 0 heterocycles. The maximum absolute atomic E-state index is 10.7. The van der Waals surface area contributed by atoms with Gasteiger partial charge in [0.05, 0.1) is 0 Å². The van der Waals surface area contributed by atoms with Gasteiger partial charge in [0.1, 0.15) is 0 Å². The molecule has 0 fully saturated rings. The van der Waals surface area contributed by atoms with Crippen LogP contribution in [0.5, 0.6) is 0 Å². The van der Waals surface area contributed by atoms with Gasteiger partial charge in [-0.3, -0.25) is 0 Å². The van der Waals surface area contributed by atoms with Crippen molar-refractivity contribution in [2.75, 3.05) is 0 Å². The van der Waals surface area contributed by atoms with Gasteiger partial charge in [0, 0.05) is 0 Å². The molecule has 0 saturated carbocycles. The molecule has 62 valence electrons. The van der Waals surface area contributed by atoms with Crippen molar-refractivity contribution in [2.45, 2.75) is 13.8 Å². The summed E-state index contributed by atoms with van der Waals surface area (Å²) >= 11 is -0.709. The van der Waals surface area contributed by atoms with Gasteiger partial charge in [-0.05, 0) is 0 Å². The molecule has 10 heavy (non-hydrogen) atoms. The number of hydrogen-bond donors (Lipinski definition) is 1. The van der Waals surface area contributed by atoms with Crippen LogP contribution in [0.4, 0.5) is 0 Å². The Morgan fingerprint density at radius 3 is 2.40 bits per heavy atom. The average molecular weight is 253 g/mol. The van der Waals surface area contributed by atoms with E-state index >= 15 is 0 Å². The van der Waals surface area contributed by atoms with Gasteiger partial charge in [-0.1, -0.05) is 0 Å². The van der Waals surface area contributed by atoms with Crippen LogP contribution in [0.3, 0.4) is 0 Å². The third-order valence-electron chi connectivity index (χ3n) is 0.996. The molecule has 4 nitrogen and oxygen atoms in total. The number of nitrogens with zero attached hydrogens (tertiary/aromatic N) is 1. The number of hydroxylamine groups is 2. The normalized spacial score (nSPS) is 16.3. The molecule has 0 aliphatic carbocycles. The molecule has 0 aromatic carbocycles. The first-order valence-corrected chi connectivity index (χ1v) is 5.23. The Labute approximate surface area is 70.5 Å². The van der Waals surface area contributed by atoms with Crippen LogP contribution >= 0.6 is 9.69 Å². The summed E-state index contributed by atoms with van der Waals surface area (Å²) in [6.07, 6.45) is 0. The van der Waals surface area contributed by atoms with E-state index in [1.807, 2.05) is 0 Å². The SMILES string of the molecule is CC(N[O-])=C(C)[N+]([O-])=[Rh][Cl]. The molecule has 6 heteroatoms. The van der Waals surface area contributed by atoms with Crippen LogP contribution in [0, 0.1) is 10.4 Å². The maximum atomic E-state index is 10.7. The summed E-state index contributed by atoms with van der Waals surface area (Å²) in [7, 11) is 5.27. The van der Waals surface area contributed by atoms with Gasteiger partial charge >= 0.3 is 70.2 Å². The van der Waals surface area contributed by atoms with Gasteiger partial charge in [0.25, 0.3) is 0 Å². The first-order chi connectivity index (χ1) is 4.63. The second-order valence-electron chi connectivity index (χ2n) is 1.60. The number of halogens is 1. The predicted octanol–water partition coefficient (Wildman–Crippen LogP) is 1.26. The van der Waals surface area contributed by atoms with Gasteiger partial charge < -0.3 is 0 Å². The van der Waals surface area contributed by atoms with E-state index < -0.39 is 15.9 Å². The van der Waals surface area contributed by atoms with Crippen LogP contribution in [0.15, 0.2) is 11.4 Å². The summed E-state index contributed by atoms with van der Waals surface area (Å²) < 4.78 is 0.600. The van der Waals surface area contributed by atoms with Gasteiger partial charge in [-0.2, -0.15) is 0 Å². The minimum absolute atomic E-state index is 0.305. The number of nitrogens with one attached hydrogen (secondary N) is 1. The summed E-state index contributed by atoms with van der Waals surface area (Å²) in [5.74, 6) is 0. The van der Waals surface area contributed by atoms with Gasteiger partial charge in [0.15, 0.2) is 0 Å². The van der Waals surface area contributed by atoms with Gasteiger partial charge in [-0.15, -0.1) is 0 Å². The van der Waals surface area contributed by atoms with Crippen molar-refractivity contribution in [1.82, 2.24) is 5.48 Å². The molecule has 0 spiro atoms. The predicted molar refractivity (Wildman–Crippen MR) is 34.4 cm³/mol. The zero-order chi connectivity index (χ0) is 8.15. The van der Waals surface area contributed by atoms with E-state index in [0.29, 0.717) is 14.8 Å². The van der Waals surface area contributed by atoms with Crippen molar-refractivity contribution in [2.24, 2.45) is 0 Å². The molecule has 0 amide bonds. The number of hydrogen-bond acceptors (Lipinski definition) is 3. The van der Waals surface area contributed by atoms with Gasteiger partial charge in [-0.25, -0.2) is 0 Å². The molecule has 0 aromatic heterocycles. The van der Waals surface area contributed by atoms with Crippen molar-refractivity contribution < 1.29 is 19.4 Å². The van der Waals surface area contributed by atoms with Crippen LogP contribution in [-0.2, 0) is 15.9 Å². The molecule has 0 bridgehead atoms. The molecular weight excluding hydrogens is 246 g/mol. The molecule has 0 atom stereocenters. The van der Waals surface area contributed by atoms with E-state index in [1.165, 1.54) is 6.92 Å². The van der Waals surface area contributed by atoms with Crippen molar-refractivity contribution in [3.63, 3.8) is 0 Å². The fraction of sp³-hybridized carbons (Fsp3) is 0.500. The van der Waals surface area contributed by atoms with E-state index in [9.17, 15) is 10.4 Å². The molecular formula is C4H7ClN2O2Rh-. The topological polar surface area (TPSA) is 61.2 Å². The second-order valence-corrected chi connectivity index (χ2v) is 3.20. The Morgan fingerprint density at radius 2 is 2.10 bits per heavy atom. The third-order valence-corrected chi connectivity index (χ3v) is 2.40. The molecule has 0 unspecified atom stereocenters. The second kappa shape index (κ2) is 4.91. The Morgan fingerprint density at radius 1 is 1.60 bits per heavy atom. The van der Waals surface area contributed by atoms with Crippen molar-refractivity contribution >= 4 is 9.69 Å². The average Bonchev–Trinajstić information content (AvgIpc) is 2.00. The molecule has 0 aliphatic rings. The van der Waals surface area contributed by atoms with Crippen LogP contribution in [0.1, 0.15) is 13.8 Å². The summed E-state index contributed by atoms with van der Waals surface area (Å²) in [5, 5.41) is 20.7. The van der Waals surface area contributed by atoms with E-state index in [2.05, 4.69) is 0 Å².